The molecule has 2 aromatic carbocycles. The molecule has 1 aliphatic rings. The van der Waals surface area contributed by atoms with E-state index in [-0.39, 0.29) is 4.90 Å². The minimum Gasteiger partial charge on any atom is -0.494 e. The van der Waals surface area contributed by atoms with E-state index in [0.29, 0.717) is 13.2 Å². The lowest BCUT2D eigenvalue weighted by Gasteiger charge is -2.26. The zero-order valence-corrected chi connectivity index (χ0v) is 16.5. The Bertz CT molecular complexity index is 961. The van der Waals surface area contributed by atoms with Crippen molar-refractivity contribution in [3.05, 3.63) is 60.3 Å². The van der Waals surface area contributed by atoms with Gasteiger partial charge in [0.2, 0.25) is 10.0 Å². The van der Waals surface area contributed by atoms with Crippen molar-refractivity contribution in [3.8, 4) is 16.9 Å². The molecule has 1 aliphatic heterocycles. The standard InChI is InChI=1S/C20H23N3O3S/c1-4-26-18-9-5-15(6-10-18)16-7-11-19(12-8-16)27(24,25)23-20(2,3)17-13-21-22-14-17/h5-13,23H,4,14H2,1-3H3. The zero-order chi connectivity index (χ0) is 19.5. The molecule has 2 aromatic rings. The van der Waals surface area contributed by atoms with Crippen molar-refractivity contribution in [1.29, 1.82) is 0 Å². The zero-order valence-electron chi connectivity index (χ0n) is 15.6. The van der Waals surface area contributed by atoms with Crippen LogP contribution in [0.5, 0.6) is 5.75 Å². The highest BCUT2D eigenvalue weighted by Gasteiger charge is 2.30. The minimum absolute atomic E-state index is 0.220. The molecule has 0 aromatic heterocycles. The van der Waals surface area contributed by atoms with Gasteiger partial charge in [0.15, 0.2) is 0 Å². The van der Waals surface area contributed by atoms with Gasteiger partial charge in [0.05, 0.1) is 29.8 Å². The van der Waals surface area contributed by atoms with Crippen LogP contribution in [0.3, 0.4) is 0 Å². The molecule has 0 unspecified atom stereocenters. The van der Waals surface area contributed by atoms with E-state index in [2.05, 4.69) is 15.0 Å². The van der Waals surface area contributed by atoms with Gasteiger partial charge in [-0.25, -0.2) is 13.1 Å². The Morgan fingerprint density at radius 1 is 1.04 bits per heavy atom. The predicted molar refractivity (Wildman–Crippen MR) is 105 cm³/mol. The Hall–Kier alpha value is -2.51. The minimum atomic E-state index is -3.66. The van der Waals surface area contributed by atoms with Gasteiger partial charge >= 0.3 is 0 Å². The summed E-state index contributed by atoms with van der Waals surface area (Å²) in [4.78, 5) is 0.220. The van der Waals surface area contributed by atoms with E-state index >= 15 is 0 Å². The van der Waals surface area contributed by atoms with Crippen molar-refractivity contribution in [2.24, 2.45) is 10.2 Å². The number of hydrogen-bond acceptors (Lipinski definition) is 5. The Morgan fingerprint density at radius 2 is 1.63 bits per heavy atom. The van der Waals surface area contributed by atoms with Crippen molar-refractivity contribution in [1.82, 2.24) is 4.72 Å². The molecule has 0 saturated carbocycles. The number of rotatable bonds is 7. The molecule has 0 fully saturated rings. The van der Waals surface area contributed by atoms with Crippen LogP contribution < -0.4 is 9.46 Å². The number of sulfonamides is 1. The molecule has 1 heterocycles. The Kier molecular flexibility index (Phi) is 5.43. The Morgan fingerprint density at radius 3 is 2.15 bits per heavy atom. The summed E-state index contributed by atoms with van der Waals surface area (Å²) in [5.74, 6) is 0.812. The van der Waals surface area contributed by atoms with Gasteiger partial charge in [0.1, 0.15) is 5.75 Å². The van der Waals surface area contributed by atoms with Gasteiger partial charge in [0, 0.05) is 0 Å². The lowest BCUT2D eigenvalue weighted by Crippen LogP contribution is -2.45. The van der Waals surface area contributed by atoms with Crippen molar-refractivity contribution in [3.63, 3.8) is 0 Å². The molecule has 0 amide bonds. The van der Waals surface area contributed by atoms with Crippen molar-refractivity contribution in [2.75, 3.05) is 13.2 Å². The molecule has 7 heteroatoms. The van der Waals surface area contributed by atoms with E-state index in [1.165, 1.54) is 0 Å². The Labute approximate surface area is 160 Å². The molecule has 27 heavy (non-hydrogen) atoms. The second-order valence-electron chi connectivity index (χ2n) is 6.78. The number of hydrogen-bond donors (Lipinski definition) is 1. The second kappa shape index (κ2) is 7.62. The quantitative estimate of drug-likeness (QED) is 0.777. The van der Waals surface area contributed by atoms with E-state index < -0.39 is 15.6 Å². The van der Waals surface area contributed by atoms with Gasteiger partial charge in [-0.15, -0.1) is 0 Å². The van der Waals surface area contributed by atoms with Gasteiger partial charge in [-0.3, -0.25) is 0 Å². The number of ether oxygens (including phenoxy) is 1. The van der Waals surface area contributed by atoms with Gasteiger partial charge in [-0.2, -0.15) is 10.2 Å². The first-order valence-corrected chi connectivity index (χ1v) is 10.2. The fraction of sp³-hybridized carbons (Fsp3) is 0.300. The topological polar surface area (TPSA) is 80.1 Å². The van der Waals surface area contributed by atoms with Crippen LogP contribution in [-0.4, -0.2) is 27.1 Å². The highest BCUT2D eigenvalue weighted by atomic mass is 32.2. The summed E-state index contributed by atoms with van der Waals surface area (Å²) in [5, 5.41) is 7.70. The lowest BCUT2D eigenvalue weighted by atomic mass is 9.97. The van der Waals surface area contributed by atoms with Crippen LogP contribution in [0.4, 0.5) is 0 Å². The molecule has 0 saturated heterocycles. The third-order valence-corrected chi connectivity index (χ3v) is 6.06. The molecule has 1 N–H and O–H groups in total. The Balaban J connectivity index is 1.77. The van der Waals surface area contributed by atoms with Crippen LogP contribution in [0.15, 0.2) is 75.4 Å². The molecule has 0 bridgehead atoms. The maximum atomic E-state index is 12.8. The summed E-state index contributed by atoms with van der Waals surface area (Å²) >= 11 is 0. The summed E-state index contributed by atoms with van der Waals surface area (Å²) in [5.41, 5.74) is 2.01. The SMILES string of the molecule is CCOc1ccc(-c2ccc(S(=O)(=O)NC(C)(C)C3=CN=NC3)cc2)cc1. The molecule has 142 valence electrons. The summed E-state index contributed by atoms with van der Waals surface area (Å²) in [6, 6.07) is 14.5. The molecular weight excluding hydrogens is 362 g/mol. The summed E-state index contributed by atoms with van der Waals surface area (Å²) in [7, 11) is -3.66. The van der Waals surface area contributed by atoms with E-state index in [1.54, 1.807) is 44.3 Å². The fourth-order valence-electron chi connectivity index (χ4n) is 2.82. The fourth-order valence-corrected chi connectivity index (χ4v) is 4.24. The van der Waals surface area contributed by atoms with Gasteiger partial charge in [-0.1, -0.05) is 24.3 Å². The van der Waals surface area contributed by atoms with E-state index in [1.807, 2.05) is 31.2 Å². The monoisotopic (exact) mass is 385 g/mol. The summed E-state index contributed by atoms with van der Waals surface area (Å²) in [6.07, 6.45) is 1.61. The molecule has 6 nitrogen and oxygen atoms in total. The van der Waals surface area contributed by atoms with Crippen LogP contribution in [0.2, 0.25) is 0 Å². The maximum absolute atomic E-state index is 12.8. The lowest BCUT2D eigenvalue weighted by molar-refractivity contribution is 0.340. The average molecular weight is 385 g/mol. The van der Waals surface area contributed by atoms with E-state index in [4.69, 9.17) is 4.74 Å². The van der Waals surface area contributed by atoms with Crippen LogP contribution in [0, 0.1) is 0 Å². The van der Waals surface area contributed by atoms with Crippen LogP contribution in [0.25, 0.3) is 11.1 Å². The molecule has 3 rings (SSSR count). The number of benzene rings is 2. The van der Waals surface area contributed by atoms with Crippen LogP contribution in [0.1, 0.15) is 20.8 Å². The molecule has 0 spiro atoms. The van der Waals surface area contributed by atoms with Crippen molar-refractivity contribution in [2.45, 2.75) is 31.2 Å². The van der Waals surface area contributed by atoms with Crippen LogP contribution in [-0.2, 0) is 10.0 Å². The second-order valence-corrected chi connectivity index (χ2v) is 8.46. The highest BCUT2D eigenvalue weighted by Crippen LogP contribution is 2.26. The molecule has 0 radical (unpaired) electrons. The van der Waals surface area contributed by atoms with Crippen molar-refractivity contribution >= 4 is 10.0 Å². The smallest absolute Gasteiger partial charge is 0.241 e. The van der Waals surface area contributed by atoms with E-state index in [0.717, 1.165) is 22.4 Å². The van der Waals surface area contributed by atoms with Crippen molar-refractivity contribution < 1.29 is 13.2 Å². The summed E-state index contributed by atoms with van der Waals surface area (Å²) < 4.78 is 33.7. The van der Waals surface area contributed by atoms with Gasteiger partial charge in [0.25, 0.3) is 0 Å². The third kappa shape index (κ3) is 4.43. The number of nitrogens with zero attached hydrogens (tertiary/aromatic N) is 2. The first-order valence-electron chi connectivity index (χ1n) is 8.75. The predicted octanol–water partition coefficient (Wildman–Crippen LogP) is 4.16. The number of azo groups is 1. The molecule has 0 atom stereocenters. The highest BCUT2D eigenvalue weighted by molar-refractivity contribution is 7.89. The average Bonchev–Trinajstić information content (AvgIpc) is 3.18. The first kappa shape index (κ1) is 19.3. The normalized spacial score (nSPS) is 14.3. The maximum Gasteiger partial charge on any atom is 0.241 e. The van der Waals surface area contributed by atoms with Gasteiger partial charge < -0.3 is 4.74 Å². The van der Waals surface area contributed by atoms with Gasteiger partial charge in [-0.05, 0) is 61.7 Å². The van der Waals surface area contributed by atoms with E-state index in [9.17, 15) is 8.42 Å². The largest absolute Gasteiger partial charge is 0.494 e. The first-order chi connectivity index (χ1) is 12.8. The van der Waals surface area contributed by atoms with Crippen LogP contribution >= 0.6 is 0 Å². The number of nitrogens with one attached hydrogen (secondary N) is 1. The molecular formula is C20H23N3O3S. The summed E-state index contributed by atoms with van der Waals surface area (Å²) in [6.45, 7) is 6.58. The molecule has 0 aliphatic carbocycles. The third-order valence-electron chi connectivity index (χ3n) is 4.39.